The molecule has 0 aliphatic carbocycles. The minimum atomic E-state index is 0.448. The molecule has 2 aromatic heterocycles. The van der Waals surface area contributed by atoms with Crippen LogP contribution in [0.1, 0.15) is 50.2 Å². The normalized spacial score (nSPS) is 18.0. The van der Waals surface area contributed by atoms with Gasteiger partial charge in [-0.1, -0.05) is 12.5 Å². The lowest BCUT2D eigenvalue weighted by molar-refractivity contribution is 0.459. The van der Waals surface area contributed by atoms with Gasteiger partial charge in [-0.25, -0.2) is 4.98 Å². The van der Waals surface area contributed by atoms with Crippen LogP contribution in [0.5, 0.6) is 0 Å². The number of nitrogens with zero attached hydrogens (tertiary/aromatic N) is 6. The van der Waals surface area contributed by atoms with E-state index in [9.17, 15) is 0 Å². The number of fused-ring (bicyclic) bond motifs is 1. The highest BCUT2D eigenvalue weighted by Crippen LogP contribution is 2.17. The molecule has 4 heterocycles. The monoisotopic (exact) mass is 410 g/mol. The molecule has 4 rings (SSSR count). The van der Waals surface area contributed by atoms with Gasteiger partial charge in [0.15, 0.2) is 5.96 Å². The average Bonchev–Trinajstić information content (AvgIpc) is 3.02. The topological polar surface area (TPSA) is 83.3 Å². The van der Waals surface area contributed by atoms with Crippen molar-refractivity contribution in [3.05, 3.63) is 36.0 Å². The van der Waals surface area contributed by atoms with Crippen LogP contribution in [0.2, 0.25) is 0 Å². The predicted molar refractivity (Wildman–Crippen MR) is 120 cm³/mol. The summed E-state index contributed by atoms with van der Waals surface area (Å²) in [6, 6.07) is 6.55. The molecule has 1 saturated heterocycles. The molecule has 0 radical (unpaired) electrons. The SMILES string of the molecule is CN=C(NCCCc1nnc2n1CCCCC2)NC1CCN(c2ccccn2)CC1. The molecular formula is C22H34N8. The van der Waals surface area contributed by atoms with E-state index in [2.05, 4.69) is 52.4 Å². The molecule has 0 aromatic carbocycles. The third kappa shape index (κ3) is 5.29. The number of aryl methyl sites for hydroxylation is 2. The smallest absolute Gasteiger partial charge is 0.191 e. The molecule has 2 N–H and O–H groups in total. The van der Waals surface area contributed by atoms with Crippen LogP contribution in [0.25, 0.3) is 0 Å². The lowest BCUT2D eigenvalue weighted by Crippen LogP contribution is -2.49. The Morgan fingerprint density at radius 1 is 1.13 bits per heavy atom. The number of aromatic nitrogens is 4. The quantitative estimate of drug-likeness (QED) is 0.431. The Labute approximate surface area is 179 Å². The van der Waals surface area contributed by atoms with E-state index in [0.29, 0.717) is 6.04 Å². The van der Waals surface area contributed by atoms with E-state index in [1.165, 1.54) is 25.1 Å². The van der Waals surface area contributed by atoms with Gasteiger partial charge in [-0.2, -0.15) is 0 Å². The Balaban J connectivity index is 1.18. The summed E-state index contributed by atoms with van der Waals surface area (Å²) < 4.78 is 2.34. The molecule has 8 heteroatoms. The molecule has 1 fully saturated rings. The summed E-state index contributed by atoms with van der Waals surface area (Å²) in [4.78, 5) is 11.2. The fourth-order valence-electron chi connectivity index (χ4n) is 4.37. The molecule has 8 nitrogen and oxygen atoms in total. The number of pyridine rings is 1. The predicted octanol–water partition coefficient (Wildman–Crippen LogP) is 2.17. The van der Waals surface area contributed by atoms with Gasteiger partial charge in [-0.3, -0.25) is 4.99 Å². The Kier molecular flexibility index (Phi) is 7.16. The van der Waals surface area contributed by atoms with Gasteiger partial charge in [-0.05, 0) is 44.2 Å². The third-order valence-corrected chi connectivity index (χ3v) is 6.09. The maximum Gasteiger partial charge on any atom is 0.191 e. The Morgan fingerprint density at radius 3 is 2.83 bits per heavy atom. The number of hydrogen-bond donors (Lipinski definition) is 2. The molecule has 0 saturated carbocycles. The van der Waals surface area contributed by atoms with Gasteiger partial charge in [0.1, 0.15) is 17.5 Å². The molecule has 162 valence electrons. The Bertz CT molecular complexity index is 808. The van der Waals surface area contributed by atoms with Crippen LogP contribution >= 0.6 is 0 Å². The molecule has 0 bridgehead atoms. The van der Waals surface area contributed by atoms with Crippen molar-refractivity contribution in [2.45, 2.75) is 64.0 Å². The minimum absolute atomic E-state index is 0.448. The summed E-state index contributed by atoms with van der Waals surface area (Å²) in [6.45, 7) is 3.99. The van der Waals surface area contributed by atoms with E-state index in [0.717, 1.165) is 75.9 Å². The van der Waals surface area contributed by atoms with Gasteiger partial charge < -0.3 is 20.1 Å². The summed E-state index contributed by atoms with van der Waals surface area (Å²) >= 11 is 0. The van der Waals surface area contributed by atoms with Gasteiger partial charge in [0.25, 0.3) is 0 Å². The Hall–Kier alpha value is -2.64. The molecule has 2 aromatic rings. The van der Waals surface area contributed by atoms with Crippen LogP contribution < -0.4 is 15.5 Å². The number of rotatable bonds is 6. The average molecular weight is 411 g/mol. The number of piperidine rings is 1. The van der Waals surface area contributed by atoms with E-state index in [-0.39, 0.29) is 0 Å². The number of aliphatic imine (C=N–C) groups is 1. The number of anilines is 1. The molecule has 0 amide bonds. The molecule has 30 heavy (non-hydrogen) atoms. The lowest BCUT2D eigenvalue weighted by atomic mass is 10.1. The van der Waals surface area contributed by atoms with E-state index in [4.69, 9.17) is 0 Å². The molecular weight excluding hydrogens is 376 g/mol. The second-order valence-electron chi connectivity index (χ2n) is 8.19. The van der Waals surface area contributed by atoms with Crippen molar-refractivity contribution in [3.8, 4) is 0 Å². The summed E-state index contributed by atoms with van der Waals surface area (Å²) in [5.41, 5.74) is 0. The molecule has 2 aliphatic heterocycles. The highest BCUT2D eigenvalue weighted by Gasteiger charge is 2.20. The lowest BCUT2D eigenvalue weighted by Gasteiger charge is -2.33. The zero-order chi connectivity index (χ0) is 20.6. The summed E-state index contributed by atoms with van der Waals surface area (Å²) in [7, 11) is 1.84. The maximum absolute atomic E-state index is 4.47. The first-order valence-corrected chi connectivity index (χ1v) is 11.4. The molecule has 0 unspecified atom stereocenters. The van der Waals surface area contributed by atoms with Crippen molar-refractivity contribution < 1.29 is 0 Å². The van der Waals surface area contributed by atoms with Crippen LogP contribution in [0, 0.1) is 0 Å². The fraction of sp³-hybridized carbons (Fsp3) is 0.636. The summed E-state index contributed by atoms with van der Waals surface area (Å²) in [5, 5.41) is 15.9. The minimum Gasteiger partial charge on any atom is -0.356 e. The zero-order valence-corrected chi connectivity index (χ0v) is 18.1. The second-order valence-corrected chi connectivity index (χ2v) is 8.19. The first kappa shape index (κ1) is 20.6. The van der Waals surface area contributed by atoms with Gasteiger partial charge >= 0.3 is 0 Å². The van der Waals surface area contributed by atoms with E-state index in [1.807, 2.05) is 19.3 Å². The first-order valence-electron chi connectivity index (χ1n) is 11.4. The van der Waals surface area contributed by atoms with Crippen LogP contribution in [0.3, 0.4) is 0 Å². The van der Waals surface area contributed by atoms with Crippen molar-refractivity contribution >= 4 is 11.8 Å². The maximum atomic E-state index is 4.47. The molecule has 2 aliphatic rings. The van der Waals surface area contributed by atoms with Crippen LogP contribution in [-0.4, -0.2) is 58.4 Å². The highest BCUT2D eigenvalue weighted by molar-refractivity contribution is 5.79. The highest BCUT2D eigenvalue weighted by atomic mass is 15.3. The van der Waals surface area contributed by atoms with Gasteiger partial charge in [0.05, 0.1) is 0 Å². The van der Waals surface area contributed by atoms with Crippen molar-refractivity contribution in [3.63, 3.8) is 0 Å². The van der Waals surface area contributed by atoms with Gasteiger partial charge in [0.2, 0.25) is 0 Å². The standard InChI is InChI=1S/C22H34N8/c1-23-22(26-18-11-16-29(17-12-18)19-8-4-5-13-24-19)25-14-7-10-21-28-27-20-9-3-2-6-15-30(20)21/h4-5,8,13,18H,2-3,6-7,9-12,14-17H2,1H3,(H2,23,25,26). The first-order chi connectivity index (χ1) is 14.8. The van der Waals surface area contributed by atoms with Crippen molar-refractivity contribution in [2.75, 3.05) is 31.6 Å². The van der Waals surface area contributed by atoms with E-state index >= 15 is 0 Å². The second kappa shape index (κ2) is 10.4. The van der Waals surface area contributed by atoms with E-state index in [1.54, 1.807) is 0 Å². The summed E-state index contributed by atoms with van der Waals surface area (Å²) in [6.07, 6.45) is 10.9. The van der Waals surface area contributed by atoms with Crippen LogP contribution in [0.4, 0.5) is 5.82 Å². The zero-order valence-electron chi connectivity index (χ0n) is 18.1. The summed E-state index contributed by atoms with van der Waals surface area (Å²) in [5.74, 6) is 4.28. The van der Waals surface area contributed by atoms with Gasteiger partial charge in [-0.15, -0.1) is 10.2 Å². The molecule has 0 spiro atoms. The van der Waals surface area contributed by atoms with Crippen molar-refractivity contribution in [2.24, 2.45) is 4.99 Å². The number of guanidine groups is 1. The third-order valence-electron chi connectivity index (χ3n) is 6.09. The van der Waals surface area contributed by atoms with Crippen molar-refractivity contribution in [1.82, 2.24) is 30.4 Å². The molecule has 0 atom stereocenters. The number of hydrogen-bond acceptors (Lipinski definition) is 5. The van der Waals surface area contributed by atoms with Crippen LogP contribution in [0.15, 0.2) is 29.4 Å². The fourth-order valence-corrected chi connectivity index (χ4v) is 4.37. The van der Waals surface area contributed by atoms with Gasteiger partial charge in [0, 0.05) is 58.3 Å². The van der Waals surface area contributed by atoms with E-state index < -0.39 is 0 Å². The van der Waals surface area contributed by atoms with Crippen molar-refractivity contribution in [1.29, 1.82) is 0 Å². The largest absolute Gasteiger partial charge is 0.356 e. The number of nitrogens with one attached hydrogen (secondary N) is 2. The Morgan fingerprint density at radius 2 is 2.03 bits per heavy atom. The van der Waals surface area contributed by atoms with Crippen LogP contribution in [-0.2, 0) is 19.4 Å².